The fourth-order valence-corrected chi connectivity index (χ4v) is 1.80. The fraction of sp³-hybridized carbons (Fsp3) is 0.500. The first-order chi connectivity index (χ1) is 7.88. The van der Waals surface area contributed by atoms with Crippen LogP contribution in [0.15, 0.2) is 18.7 Å². The summed E-state index contributed by atoms with van der Waals surface area (Å²) in [6.45, 7) is 1.27. The van der Waals surface area contributed by atoms with Gasteiger partial charge in [-0.3, -0.25) is 4.68 Å². The van der Waals surface area contributed by atoms with E-state index < -0.39 is 0 Å². The first-order valence-electron chi connectivity index (χ1n) is 5.51. The molecule has 6 heteroatoms. The second-order valence-electron chi connectivity index (χ2n) is 4.07. The van der Waals surface area contributed by atoms with Crippen molar-refractivity contribution in [1.82, 2.24) is 24.5 Å². The van der Waals surface area contributed by atoms with Crippen LogP contribution in [0.25, 0.3) is 11.4 Å². The Labute approximate surface area is 93.1 Å². The molecule has 6 nitrogen and oxygen atoms in total. The van der Waals surface area contributed by atoms with Gasteiger partial charge in [-0.1, -0.05) is 5.21 Å². The van der Waals surface area contributed by atoms with E-state index in [0.29, 0.717) is 19.1 Å². The lowest BCUT2D eigenvalue weighted by Crippen LogP contribution is -2.10. The van der Waals surface area contributed by atoms with Crippen LogP contribution in [0.5, 0.6) is 0 Å². The van der Waals surface area contributed by atoms with Crippen LogP contribution in [0.2, 0.25) is 0 Å². The van der Waals surface area contributed by atoms with Crippen LogP contribution in [0.3, 0.4) is 0 Å². The molecule has 84 valence electrons. The standard InChI is InChI=1S/C10H14N6/c11-3-4-15-6-9(13-14-15)10-5-12-7-16(10)8-1-2-8/h5-8H,1-4,11H2. The van der Waals surface area contributed by atoms with Crippen LogP contribution in [0, 0.1) is 0 Å². The van der Waals surface area contributed by atoms with Gasteiger partial charge in [0.05, 0.1) is 31.0 Å². The van der Waals surface area contributed by atoms with E-state index in [9.17, 15) is 0 Å². The van der Waals surface area contributed by atoms with Crippen LogP contribution in [-0.4, -0.2) is 31.1 Å². The molecule has 0 saturated heterocycles. The molecule has 16 heavy (non-hydrogen) atoms. The highest BCUT2D eigenvalue weighted by Gasteiger charge is 2.26. The Morgan fingerprint density at radius 2 is 2.31 bits per heavy atom. The van der Waals surface area contributed by atoms with Crippen molar-refractivity contribution in [3.8, 4) is 11.4 Å². The van der Waals surface area contributed by atoms with E-state index in [1.54, 1.807) is 4.68 Å². The highest BCUT2D eigenvalue weighted by molar-refractivity contribution is 5.52. The Bertz CT molecular complexity index is 481. The summed E-state index contributed by atoms with van der Waals surface area (Å²) >= 11 is 0. The van der Waals surface area contributed by atoms with Gasteiger partial charge in [-0.05, 0) is 12.8 Å². The highest BCUT2D eigenvalue weighted by atomic mass is 15.4. The molecule has 0 radical (unpaired) electrons. The van der Waals surface area contributed by atoms with Gasteiger partial charge in [0.25, 0.3) is 0 Å². The van der Waals surface area contributed by atoms with Gasteiger partial charge in [0.2, 0.25) is 0 Å². The third-order valence-corrected chi connectivity index (χ3v) is 2.77. The van der Waals surface area contributed by atoms with Gasteiger partial charge in [-0.2, -0.15) is 0 Å². The molecule has 2 aromatic heterocycles. The fourth-order valence-electron chi connectivity index (χ4n) is 1.80. The van der Waals surface area contributed by atoms with Gasteiger partial charge < -0.3 is 10.3 Å². The van der Waals surface area contributed by atoms with Gasteiger partial charge in [-0.15, -0.1) is 5.10 Å². The third kappa shape index (κ3) is 1.61. The number of hydrogen-bond donors (Lipinski definition) is 1. The quantitative estimate of drug-likeness (QED) is 0.807. The topological polar surface area (TPSA) is 74.6 Å². The van der Waals surface area contributed by atoms with Gasteiger partial charge in [0, 0.05) is 12.6 Å². The summed E-state index contributed by atoms with van der Waals surface area (Å²) in [5.41, 5.74) is 7.39. The van der Waals surface area contributed by atoms with Gasteiger partial charge >= 0.3 is 0 Å². The Balaban J connectivity index is 1.91. The lowest BCUT2D eigenvalue weighted by molar-refractivity contribution is 0.598. The SMILES string of the molecule is NCCn1cc(-c2cncn2C2CC2)nn1. The second-order valence-corrected chi connectivity index (χ2v) is 4.07. The molecule has 2 heterocycles. The van der Waals surface area contributed by atoms with Crippen molar-refractivity contribution < 1.29 is 0 Å². The van der Waals surface area contributed by atoms with E-state index in [1.807, 2.05) is 18.7 Å². The Kier molecular flexibility index (Phi) is 2.21. The molecule has 0 atom stereocenters. The number of rotatable bonds is 4. The number of nitrogens with zero attached hydrogens (tertiary/aromatic N) is 5. The molecule has 0 aromatic carbocycles. The van der Waals surface area contributed by atoms with Crippen molar-refractivity contribution in [2.24, 2.45) is 5.73 Å². The zero-order valence-electron chi connectivity index (χ0n) is 8.95. The van der Waals surface area contributed by atoms with E-state index >= 15 is 0 Å². The van der Waals surface area contributed by atoms with Gasteiger partial charge in [-0.25, -0.2) is 4.98 Å². The first kappa shape index (κ1) is 9.53. The molecule has 0 amide bonds. The molecule has 1 saturated carbocycles. The van der Waals surface area contributed by atoms with Crippen molar-refractivity contribution in [2.45, 2.75) is 25.4 Å². The molecule has 2 aromatic rings. The average Bonchev–Trinajstić information content (AvgIpc) is 2.84. The second kappa shape index (κ2) is 3.71. The molecule has 3 rings (SSSR count). The predicted molar refractivity (Wildman–Crippen MR) is 58.6 cm³/mol. The summed E-state index contributed by atoms with van der Waals surface area (Å²) in [5.74, 6) is 0. The summed E-state index contributed by atoms with van der Waals surface area (Å²) in [6, 6.07) is 0.608. The number of imidazole rings is 1. The molecule has 1 aliphatic carbocycles. The first-order valence-corrected chi connectivity index (χ1v) is 5.51. The summed E-state index contributed by atoms with van der Waals surface area (Å²) in [5, 5.41) is 8.17. The Morgan fingerprint density at radius 3 is 3.06 bits per heavy atom. The molecule has 0 spiro atoms. The molecular formula is C10H14N6. The molecule has 1 fully saturated rings. The molecule has 1 aliphatic rings. The lowest BCUT2D eigenvalue weighted by Gasteiger charge is -2.01. The van der Waals surface area contributed by atoms with E-state index in [4.69, 9.17) is 5.73 Å². The molecule has 0 bridgehead atoms. The molecular weight excluding hydrogens is 204 g/mol. The largest absolute Gasteiger partial charge is 0.329 e. The van der Waals surface area contributed by atoms with E-state index in [2.05, 4.69) is 19.9 Å². The van der Waals surface area contributed by atoms with Crippen molar-refractivity contribution in [3.63, 3.8) is 0 Å². The molecule has 0 aliphatic heterocycles. The zero-order chi connectivity index (χ0) is 11.0. The molecule has 2 N–H and O–H groups in total. The number of nitrogens with two attached hydrogens (primary N) is 1. The van der Waals surface area contributed by atoms with Crippen molar-refractivity contribution >= 4 is 0 Å². The van der Waals surface area contributed by atoms with Gasteiger partial charge in [0.1, 0.15) is 5.69 Å². The minimum absolute atomic E-state index is 0.574. The predicted octanol–water partition coefficient (Wildman–Crippen LogP) is 0.435. The number of aromatic nitrogens is 5. The molecule has 0 unspecified atom stereocenters. The van der Waals surface area contributed by atoms with E-state index in [1.165, 1.54) is 12.8 Å². The Hall–Kier alpha value is -1.69. The maximum atomic E-state index is 5.47. The summed E-state index contributed by atoms with van der Waals surface area (Å²) in [6.07, 6.45) is 8.10. The maximum Gasteiger partial charge on any atom is 0.131 e. The number of hydrogen-bond acceptors (Lipinski definition) is 4. The summed E-state index contributed by atoms with van der Waals surface area (Å²) in [4.78, 5) is 4.18. The van der Waals surface area contributed by atoms with E-state index in [-0.39, 0.29) is 0 Å². The highest BCUT2D eigenvalue weighted by Crippen LogP contribution is 2.37. The van der Waals surface area contributed by atoms with Crippen LogP contribution in [-0.2, 0) is 6.54 Å². The van der Waals surface area contributed by atoms with Gasteiger partial charge in [0.15, 0.2) is 0 Å². The zero-order valence-corrected chi connectivity index (χ0v) is 8.95. The van der Waals surface area contributed by atoms with Crippen LogP contribution >= 0.6 is 0 Å². The minimum Gasteiger partial charge on any atom is -0.329 e. The lowest BCUT2D eigenvalue weighted by atomic mass is 10.3. The normalized spacial score (nSPS) is 15.6. The minimum atomic E-state index is 0.574. The van der Waals surface area contributed by atoms with Crippen molar-refractivity contribution in [2.75, 3.05) is 6.54 Å². The summed E-state index contributed by atoms with van der Waals surface area (Å²) < 4.78 is 3.94. The van der Waals surface area contributed by atoms with Crippen LogP contribution in [0.1, 0.15) is 18.9 Å². The van der Waals surface area contributed by atoms with Crippen LogP contribution in [0.4, 0.5) is 0 Å². The monoisotopic (exact) mass is 218 g/mol. The van der Waals surface area contributed by atoms with Crippen LogP contribution < -0.4 is 5.73 Å². The maximum absolute atomic E-state index is 5.47. The smallest absolute Gasteiger partial charge is 0.131 e. The average molecular weight is 218 g/mol. The van der Waals surface area contributed by atoms with E-state index in [0.717, 1.165) is 11.4 Å². The Morgan fingerprint density at radius 1 is 1.44 bits per heavy atom. The summed E-state index contributed by atoms with van der Waals surface area (Å²) in [7, 11) is 0. The van der Waals surface area contributed by atoms with Crippen molar-refractivity contribution in [1.29, 1.82) is 0 Å². The van der Waals surface area contributed by atoms with Crippen molar-refractivity contribution in [3.05, 3.63) is 18.7 Å². The third-order valence-electron chi connectivity index (χ3n) is 2.77.